The van der Waals surface area contributed by atoms with Gasteiger partial charge in [0.2, 0.25) is 0 Å². The van der Waals surface area contributed by atoms with Crippen molar-refractivity contribution in [1.29, 1.82) is 0 Å². The summed E-state index contributed by atoms with van der Waals surface area (Å²) in [5, 5.41) is 17.5. The van der Waals surface area contributed by atoms with Gasteiger partial charge in [-0.2, -0.15) is 0 Å². The van der Waals surface area contributed by atoms with Crippen molar-refractivity contribution in [3.63, 3.8) is 0 Å². The Morgan fingerprint density at radius 1 is 1.31 bits per heavy atom. The molecule has 0 amide bonds. The maximum absolute atomic E-state index is 10.8. The largest absolute Gasteiger partial charge is 0.469 e. The lowest BCUT2D eigenvalue weighted by molar-refractivity contribution is -0.0180. The van der Waals surface area contributed by atoms with Gasteiger partial charge in [-0.25, -0.2) is 0 Å². The van der Waals surface area contributed by atoms with Gasteiger partial charge in [-0.3, -0.25) is 9.89 Å². The summed E-state index contributed by atoms with van der Waals surface area (Å²) >= 11 is 0. The number of β-amino-alcohol motifs (C(OH)–C–C–N with tert-alkyl or cyclic N) is 1. The van der Waals surface area contributed by atoms with Crippen LogP contribution in [0.15, 0.2) is 27.8 Å². The molecule has 8 nitrogen and oxygen atoms in total. The molecule has 166 valence electrons. The lowest BCUT2D eigenvalue weighted by atomic mass is 10.1. The molecule has 2 aliphatic rings. The van der Waals surface area contributed by atoms with Crippen LogP contribution in [-0.2, 0) is 15.9 Å². The second kappa shape index (κ2) is 12.7. The van der Waals surface area contributed by atoms with Crippen molar-refractivity contribution in [2.45, 2.75) is 37.9 Å². The third-order valence-corrected chi connectivity index (χ3v) is 5.01. The number of rotatable bonds is 9. The number of ether oxygens (including phenoxy) is 2. The first-order valence-corrected chi connectivity index (χ1v) is 10.3. The molecule has 3 heterocycles. The Kier molecular flexibility index (Phi) is 10.7. The maximum atomic E-state index is 10.8. The SMILES string of the molecule is CC(O)(CN=C(NCCc1ccco1)NCC1CCCO1)CN1CCOCC1.I. The molecule has 2 atom stereocenters. The van der Waals surface area contributed by atoms with Crippen LogP contribution in [-0.4, -0.2) is 86.8 Å². The Labute approximate surface area is 190 Å². The van der Waals surface area contributed by atoms with Crippen molar-refractivity contribution < 1.29 is 19.0 Å². The molecular formula is C20H35IN4O4. The van der Waals surface area contributed by atoms with Gasteiger partial charge in [0.1, 0.15) is 5.76 Å². The molecule has 2 saturated heterocycles. The third kappa shape index (κ3) is 9.20. The first kappa shape index (κ1) is 24.4. The molecule has 1 aromatic heterocycles. The Hall–Kier alpha value is -0.880. The Bertz CT molecular complexity index is 585. The normalized spacial score (nSPS) is 22.7. The number of nitrogens with zero attached hydrogens (tertiary/aromatic N) is 2. The van der Waals surface area contributed by atoms with Gasteiger partial charge in [-0.1, -0.05) is 0 Å². The van der Waals surface area contributed by atoms with E-state index in [4.69, 9.17) is 13.9 Å². The van der Waals surface area contributed by atoms with Crippen molar-refractivity contribution in [2.24, 2.45) is 4.99 Å². The number of hydrogen-bond acceptors (Lipinski definition) is 6. The van der Waals surface area contributed by atoms with Crippen LogP contribution in [0.5, 0.6) is 0 Å². The highest BCUT2D eigenvalue weighted by molar-refractivity contribution is 14.0. The summed E-state index contributed by atoms with van der Waals surface area (Å²) in [4.78, 5) is 6.87. The quantitative estimate of drug-likeness (QED) is 0.256. The highest BCUT2D eigenvalue weighted by Gasteiger charge is 2.25. The molecule has 3 rings (SSSR count). The van der Waals surface area contributed by atoms with Crippen molar-refractivity contribution in [3.05, 3.63) is 24.2 Å². The Morgan fingerprint density at radius 3 is 2.83 bits per heavy atom. The number of furan rings is 1. The van der Waals surface area contributed by atoms with Crippen LogP contribution in [0.1, 0.15) is 25.5 Å². The molecule has 0 saturated carbocycles. The maximum Gasteiger partial charge on any atom is 0.191 e. The number of aliphatic hydroxyl groups is 1. The van der Waals surface area contributed by atoms with Crippen LogP contribution in [0.3, 0.4) is 0 Å². The van der Waals surface area contributed by atoms with Gasteiger partial charge >= 0.3 is 0 Å². The van der Waals surface area contributed by atoms with Crippen LogP contribution in [0.4, 0.5) is 0 Å². The Morgan fingerprint density at radius 2 is 2.14 bits per heavy atom. The number of morpholine rings is 1. The van der Waals surface area contributed by atoms with Gasteiger partial charge in [0.05, 0.1) is 37.7 Å². The zero-order valence-corrected chi connectivity index (χ0v) is 19.6. The minimum atomic E-state index is -0.892. The van der Waals surface area contributed by atoms with Crippen molar-refractivity contribution in [1.82, 2.24) is 15.5 Å². The molecule has 1 aromatic rings. The zero-order chi connectivity index (χ0) is 19.7. The molecule has 2 aliphatic heterocycles. The minimum Gasteiger partial charge on any atom is -0.469 e. The van der Waals surface area contributed by atoms with Crippen LogP contribution >= 0.6 is 24.0 Å². The predicted molar refractivity (Wildman–Crippen MR) is 123 cm³/mol. The summed E-state index contributed by atoms with van der Waals surface area (Å²) in [5.41, 5.74) is -0.892. The molecule has 0 aromatic carbocycles. The Balaban J connectivity index is 0.00000300. The summed E-state index contributed by atoms with van der Waals surface area (Å²) in [6.45, 7) is 8.16. The lowest BCUT2D eigenvalue weighted by Crippen LogP contribution is -2.48. The third-order valence-electron chi connectivity index (χ3n) is 5.01. The predicted octanol–water partition coefficient (Wildman–Crippen LogP) is 1.24. The standard InChI is InChI=1S/C20H34N4O4.HI/c1-20(25,16-24-8-12-26-13-9-24)15-23-19(22-14-18-5-3-11-28-18)21-7-6-17-4-2-10-27-17;/h2,4,10,18,25H,3,5-9,11-16H2,1H3,(H2,21,22,23);1H. The summed E-state index contributed by atoms with van der Waals surface area (Å²) in [6, 6.07) is 3.86. The second-order valence-electron chi connectivity index (χ2n) is 7.82. The van der Waals surface area contributed by atoms with E-state index >= 15 is 0 Å². The van der Waals surface area contributed by atoms with E-state index in [0.717, 1.165) is 64.5 Å². The van der Waals surface area contributed by atoms with Gasteiger partial charge in [-0.05, 0) is 31.9 Å². The molecule has 0 radical (unpaired) electrons. The highest BCUT2D eigenvalue weighted by atomic mass is 127. The van der Waals surface area contributed by atoms with E-state index in [0.29, 0.717) is 25.6 Å². The molecule has 0 spiro atoms. The number of nitrogens with one attached hydrogen (secondary N) is 2. The molecule has 0 bridgehead atoms. The topological polar surface area (TPSA) is 91.5 Å². The van der Waals surface area contributed by atoms with Gasteiger partial charge < -0.3 is 29.6 Å². The van der Waals surface area contributed by atoms with E-state index < -0.39 is 5.60 Å². The van der Waals surface area contributed by atoms with Crippen molar-refractivity contribution >= 4 is 29.9 Å². The average Bonchev–Trinajstić information content (AvgIpc) is 3.38. The van der Waals surface area contributed by atoms with Gasteiger partial charge in [0.15, 0.2) is 5.96 Å². The summed E-state index contributed by atoms with van der Waals surface area (Å²) in [6.07, 6.45) is 4.87. The second-order valence-corrected chi connectivity index (χ2v) is 7.82. The summed E-state index contributed by atoms with van der Waals surface area (Å²) < 4.78 is 16.4. The molecule has 2 fully saturated rings. The summed E-state index contributed by atoms with van der Waals surface area (Å²) in [5.74, 6) is 1.63. The fourth-order valence-corrected chi connectivity index (χ4v) is 3.49. The van der Waals surface area contributed by atoms with Crippen LogP contribution in [0.25, 0.3) is 0 Å². The van der Waals surface area contributed by atoms with Crippen molar-refractivity contribution in [3.8, 4) is 0 Å². The molecule has 29 heavy (non-hydrogen) atoms. The van der Waals surface area contributed by atoms with Gasteiger partial charge in [0, 0.05) is 45.8 Å². The van der Waals surface area contributed by atoms with E-state index in [1.807, 2.05) is 19.1 Å². The molecule has 2 unspecified atom stereocenters. The minimum absolute atomic E-state index is 0. The van der Waals surface area contributed by atoms with Crippen molar-refractivity contribution in [2.75, 3.05) is 59.1 Å². The van der Waals surface area contributed by atoms with E-state index in [9.17, 15) is 5.11 Å². The number of aliphatic imine (C=N–C) groups is 1. The fraction of sp³-hybridized carbons (Fsp3) is 0.750. The van der Waals surface area contributed by atoms with Gasteiger partial charge in [0.25, 0.3) is 0 Å². The molecule has 9 heteroatoms. The monoisotopic (exact) mass is 522 g/mol. The fourth-order valence-electron chi connectivity index (χ4n) is 3.49. The zero-order valence-electron chi connectivity index (χ0n) is 17.3. The van der Waals surface area contributed by atoms with E-state index in [1.54, 1.807) is 6.26 Å². The first-order chi connectivity index (χ1) is 13.6. The highest BCUT2D eigenvalue weighted by Crippen LogP contribution is 2.11. The van der Waals surface area contributed by atoms with Gasteiger partial charge in [-0.15, -0.1) is 24.0 Å². The molecule has 0 aliphatic carbocycles. The number of halogens is 1. The van der Waals surface area contributed by atoms with Crippen LogP contribution in [0.2, 0.25) is 0 Å². The smallest absolute Gasteiger partial charge is 0.191 e. The molecule has 3 N–H and O–H groups in total. The molecular weight excluding hydrogens is 487 g/mol. The number of hydrogen-bond donors (Lipinski definition) is 3. The van der Waals surface area contributed by atoms with E-state index in [1.165, 1.54) is 0 Å². The first-order valence-electron chi connectivity index (χ1n) is 10.3. The van der Waals surface area contributed by atoms with E-state index in [2.05, 4.69) is 20.5 Å². The van der Waals surface area contributed by atoms with Crippen LogP contribution < -0.4 is 10.6 Å². The van der Waals surface area contributed by atoms with E-state index in [-0.39, 0.29) is 30.1 Å². The lowest BCUT2D eigenvalue weighted by Gasteiger charge is -2.33. The van der Waals surface area contributed by atoms with Crippen LogP contribution in [0, 0.1) is 0 Å². The average molecular weight is 522 g/mol. The summed E-state index contributed by atoms with van der Waals surface area (Å²) in [7, 11) is 0. The number of guanidine groups is 1.